The number of rotatable bonds is 6. The second kappa shape index (κ2) is 7.66. The maximum absolute atomic E-state index is 15.5. The first-order valence-electron chi connectivity index (χ1n) is 9.33. The Hall–Kier alpha value is -2.82. The summed E-state index contributed by atoms with van der Waals surface area (Å²) in [5, 5.41) is 3.40. The number of fused-ring (bicyclic) bond motifs is 1. The van der Waals surface area contributed by atoms with Crippen LogP contribution in [0, 0.1) is 5.92 Å². The maximum Gasteiger partial charge on any atom is 0.295 e. The van der Waals surface area contributed by atoms with Crippen molar-refractivity contribution in [3.63, 3.8) is 0 Å². The number of hydrogen-bond acceptors (Lipinski definition) is 2. The van der Waals surface area contributed by atoms with E-state index >= 15 is 8.78 Å². The molecule has 1 aromatic heterocycles. The smallest absolute Gasteiger partial charge is 0.295 e. The van der Waals surface area contributed by atoms with Gasteiger partial charge in [0.25, 0.3) is 11.8 Å². The third-order valence-corrected chi connectivity index (χ3v) is 4.89. The van der Waals surface area contributed by atoms with E-state index in [4.69, 9.17) is 0 Å². The Balaban J connectivity index is 1.96. The van der Waals surface area contributed by atoms with Crippen LogP contribution in [-0.2, 0) is 5.92 Å². The molecule has 1 N–H and O–H groups in total. The lowest BCUT2D eigenvalue weighted by molar-refractivity contribution is -0.0941. The molecule has 0 spiro atoms. The van der Waals surface area contributed by atoms with E-state index in [1.807, 2.05) is 38.1 Å². The Labute approximate surface area is 163 Å². The number of nitrogens with one attached hydrogen (secondary N) is 1. The predicted octanol–water partition coefficient (Wildman–Crippen LogP) is 5.56. The summed E-state index contributed by atoms with van der Waals surface area (Å²) in [6.07, 6.45) is 1.55. The average molecular weight is 382 g/mol. The molecule has 0 bridgehead atoms. The van der Waals surface area contributed by atoms with Gasteiger partial charge in [-0.2, -0.15) is 8.78 Å². The van der Waals surface area contributed by atoms with Crippen molar-refractivity contribution in [3.05, 3.63) is 78.0 Å². The standard InChI is InChI=1S/C23H24F2N2O/c1-16(2)14-22(3,23(24,25)19-10-5-4-6-11-19)27-21(28)18-13-17-9-7-8-12-20(17)26-15-18/h4-13,15-16H,14H2,1-3H3,(H,27,28). The van der Waals surface area contributed by atoms with Crippen LogP contribution in [-0.4, -0.2) is 16.4 Å². The number of para-hydroxylation sites is 1. The number of nitrogens with zero attached hydrogens (tertiary/aromatic N) is 1. The number of hydrogen-bond donors (Lipinski definition) is 1. The summed E-state index contributed by atoms with van der Waals surface area (Å²) in [6, 6.07) is 16.7. The second-order valence-corrected chi connectivity index (χ2v) is 7.74. The zero-order chi connectivity index (χ0) is 20.4. The summed E-state index contributed by atoms with van der Waals surface area (Å²) in [7, 11) is 0. The van der Waals surface area contributed by atoms with Crippen molar-refractivity contribution < 1.29 is 13.6 Å². The van der Waals surface area contributed by atoms with Gasteiger partial charge in [0.2, 0.25) is 0 Å². The molecule has 0 aliphatic carbocycles. The molecule has 1 unspecified atom stereocenters. The summed E-state index contributed by atoms with van der Waals surface area (Å²) in [5.41, 5.74) is -0.850. The molecule has 3 aromatic rings. The molecule has 3 nitrogen and oxygen atoms in total. The molecule has 1 amide bonds. The summed E-state index contributed by atoms with van der Waals surface area (Å²) >= 11 is 0. The predicted molar refractivity (Wildman–Crippen MR) is 107 cm³/mol. The normalized spacial score (nSPS) is 14.1. The third kappa shape index (κ3) is 3.88. The first-order chi connectivity index (χ1) is 13.2. The number of halogens is 2. The Morgan fingerprint density at radius 2 is 1.71 bits per heavy atom. The molecule has 0 radical (unpaired) electrons. The van der Waals surface area contributed by atoms with Gasteiger partial charge in [0, 0.05) is 17.1 Å². The van der Waals surface area contributed by atoms with Crippen LogP contribution in [0.5, 0.6) is 0 Å². The number of carbonyl (C=O) groups is 1. The molecule has 28 heavy (non-hydrogen) atoms. The molecular weight excluding hydrogens is 358 g/mol. The lowest BCUT2D eigenvalue weighted by atomic mass is 9.81. The van der Waals surface area contributed by atoms with Crippen molar-refractivity contribution in [2.75, 3.05) is 0 Å². The van der Waals surface area contributed by atoms with E-state index in [-0.39, 0.29) is 23.5 Å². The minimum Gasteiger partial charge on any atom is -0.340 e. The molecule has 5 heteroatoms. The van der Waals surface area contributed by atoms with Crippen molar-refractivity contribution in [3.8, 4) is 0 Å². The highest BCUT2D eigenvalue weighted by Crippen LogP contribution is 2.42. The van der Waals surface area contributed by atoms with Crippen LogP contribution in [0.15, 0.2) is 66.9 Å². The largest absolute Gasteiger partial charge is 0.340 e. The summed E-state index contributed by atoms with van der Waals surface area (Å²) in [5.74, 6) is -3.83. The fourth-order valence-corrected chi connectivity index (χ4v) is 3.56. The lowest BCUT2D eigenvalue weighted by Crippen LogP contribution is -2.57. The molecular formula is C23H24F2N2O. The number of alkyl halides is 2. The second-order valence-electron chi connectivity index (χ2n) is 7.74. The first kappa shape index (κ1) is 19.9. The highest BCUT2D eigenvalue weighted by molar-refractivity contribution is 5.97. The first-order valence-corrected chi connectivity index (χ1v) is 9.33. The molecule has 0 fully saturated rings. The van der Waals surface area contributed by atoms with Crippen molar-refractivity contribution in [1.29, 1.82) is 0 Å². The van der Waals surface area contributed by atoms with Gasteiger partial charge >= 0.3 is 0 Å². The van der Waals surface area contributed by atoms with Crippen molar-refractivity contribution in [1.82, 2.24) is 10.3 Å². The molecule has 1 atom stereocenters. The van der Waals surface area contributed by atoms with Crippen LogP contribution in [0.1, 0.15) is 43.1 Å². The van der Waals surface area contributed by atoms with E-state index in [0.29, 0.717) is 0 Å². The molecule has 1 heterocycles. The quantitative estimate of drug-likeness (QED) is 0.606. The van der Waals surface area contributed by atoms with E-state index in [1.165, 1.54) is 25.3 Å². The highest BCUT2D eigenvalue weighted by Gasteiger charge is 2.52. The zero-order valence-electron chi connectivity index (χ0n) is 16.2. The van der Waals surface area contributed by atoms with Crippen LogP contribution in [0.3, 0.4) is 0 Å². The Bertz CT molecular complexity index is 973. The number of pyridine rings is 1. The number of benzene rings is 2. The van der Waals surface area contributed by atoms with Gasteiger partial charge in [-0.1, -0.05) is 62.4 Å². The average Bonchev–Trinajstić information content (AvgIpc) is 2.67. The molecule has 0 saturated carbocycles. The molecule has 3 rings (SSSR count). The number of amides is 1. The van der Waals surface area contributed by atoms with Crippen molar-refractivity contribution in [2.24, 2.45) is 5.92 Å². The van der Waals surface area contributed by atoms with Crippen LogP contribution in [0.2, 0.25) is 0 Å². The Kier molecular flexibility index (Phi) is 5.45. The maximum atomic E-state index is 15.5. The Morgan fingerprint density at radius 1 is 1.07 bits per heavy atom. The Morgan fingerprint density at radius 3 is 2.39 bits per heavy atom. The van der Waals surface area contributed by atoms with E-state index in [0.717, 1.165) is 10.9 Å². The molecule has 2 aromatic carbocycles. The minimum absolute atomic E-state index is 0.0328. The van der Waals surface area contributed by atoms with Crippen LogP contribution >= 0.6 is 0 Å². The molecule has 0 aliphatic heterocycles. The molecule has 0 saturated heterocycles. The van der Waals surface area contributed by atoms with E-state index in [2.05, 4.69) is 10.3 Å². The third-order valence-electron chi connectivity index (χ3n) is 4.89. The summed E-state index contributed by atoms with van der Waals surface area (Å²) in [6.45, 7) is 5.14. The topological polar surface area (TPSA) is 42.0 Å². The van der Waals surface area contributed by atoms with Gasteiger partial charge in [0.15, 0.2) is 0 Å². The lowest BCUT2D eigenvalue weighted by Gasteiger charge is -2.39. The van der Waals surface area contributed by atoms with Gasteiger partial charge in [-0.15, -0.1) is 0 Å². The monoisotopic (exact) mass is 382 g/mol. The summed E-state index contributed by atoms with van der Waals surface area (Å²) < 4.78 is 30.9. The molecule has 146 valence electrons. The number of carbonyl (C=O) groups excluding carboxylic acids is 1. The minimum atomic E-state index is -3.24. The molecule has 0 aliphatic rings. The van der Waals surface area contributed by atoms with Crippen LogP contribution in [0.25, 0.3) is 10.9 Å². The van der Waals surface area contributed by atoms with Crippen LogP contribution < -0.4 is 5.32 Å². The summed E-state index contributed by atoms with van der Waals surface area (Å²) in [4.78, 5) is 17.1. The fourth-order valence-electron chi connectivity index (χ4n) is 3.56. The zero-order valence-corrected chi connectivity index (χ0v) is 16.2. The van der Waals surface area contributed by atoms with Gasteiger partial charge in [-0.3, -0.25) is 9.78 Å². The van der Waals surface area contributed by atoms with Gasteiger partial charge < -0.3 is 5.32 Å². The van der Waals surface area contributed by atoms with Crippen molar-refractivity contribution in [2.45, 2.75) is 38.7 Å². The van der Waals surface area contributed by atoms with Crippen molar-refractivity contribution >= 4 is 16.8 Å². The van der Waals surface area contributed by atoms with E-state index in [9.17, 15) is 4.79 Å². The SMILES string of the molecule is CC(C)CC(C)(NC(=O)c1cnc2ccccc2c1)C(F)(F)c1ccccc1. The highest BCUT2D eigenvalue weighted by atomic mass is 19.3. The fraction of sp³-hybridized carbons (Fsp3) is 0.304. The number of aromatic nitrogens is 1. The van der Waals surface area contributed by atoms with E-state index in [1.54, 1.807) is 24.3 Å². The van der Waals surface area contributed by atoms with Gasteiger partial charge in [-0.05, 0) is 31.4 Å². The van der Waals surface area contributed by atoms with Gasteiger partial charge in [0.05, 0.1) is 11.1 Å². The van der Waals surface area contributed by atoms with E-state index < -0.39 is 17.4 Å². The van der Waals surface area contributed by atoms with Gasteiger partial charge in [-0.25, -0.2) is 0 Å². The van der Waals surface area contributed by atoms with Gasteiger partial charge in [0.1, 0.15) is 5.54 Å². The van der Waals surface area contributed by atoms with Crippen LogP contribution in [0.4, 0.5) is 8.78 Å².